The summed E-state index contributed by atoms with van der Waals surface area (Å²) in [5.41, 5.74) is 0.977. The molecule has 0 bridgehead atoms. The van der Waals surface area contributed by atoms with E-state index in [1.165, 1.54) is 12.8 Å². The molecule has 2 fully saturated rings. The number of nitrogens with one attached hydrogen (secondary N) is 1. The third kappa shape index (κ3) is 4.14. The van der Waals surface area contributed by atoms with Gasteiger partial charge in [-0.25, -0.2) is 4.98 Å². The van der Waals surface area contributed by atoms with Crippen LogP contribution in [0.3, 0.4) is 0 Å². The molecule has 0 atom stereocenters. The fourth-order valence-corrected chi connectivity index (χ4v) is 2.16. The van der Waals surface area contributed by atoms with Crippen molar-refractivity contribution in [3.05, 3.63) is 18.1 Å². The Labute approximate surface area is 113 Å². The van der Waals surface area contributed by atoms with E-state index in [4.69, 9.17) is 9.47 Å². The predicted octanol–water partition coefficient (Wildman–Crippen LogP) is 1.53. The van der Waals surface area contributed by atoms with Gasteiger partial charge in [0.15, 0.2) is 0 Å². The molecule has 2 heterocycles. The van der Waals surface area contributed by atoms with Crippen LogP contribution in [0, 0.1) is 5.92 Å². The molecule has 0 amide bonds. The third-order valence-electron chi connectivity index (χ3n) is 3.64. The van der Waals surface area contributed by atoms with Crippen molar-refractivity contribution in [3.63, 3.8) is 0 Å². The van der Waals surface area contributed by atoms with Crippen LogP contribution in [0.25, 0.3) is 0 Å². The number of ether oxygens (including phenoxy) is 2. The van der Waals surface area contributed by atoms with Crippen molar-refractivity contribution in [2.24, 2.45) is 5.92 Å². The molecule has 0 aromatic carbocycles. The van der Waals surface area contributed by atoms with Crippen molar-refractivity contribution in [2.75, 3.05) is 19.8 Å². The van der Waals surface area contributed by atoms with E-state index in [0.717, 1.165) is 44.9 Å². The molecule has 0 spiro atoms. The van der Waals surface area contributed by atoms with Crippen LogP contribution in [0.1, 0.15) is 31.4 Å². The molecule has 1 aliphatic heterocycles. The summed E-state index contributed by atoms with van der Waals surface area (Å²) in [4.78, 5) is 8.67. The molecule has 1 aliphatic carbocycles. The molecule has 104 valence electrons. The van der Waals surface area contributed by atoms with Crippen LogP contribution in [0.4, 0.5) is 0 Å². The number of rotatable bonds is 6. The number of aromatic nitrogens is 2. The van der Waals surface area contributed by atoms with Crippen LogP contribution in [0.2, 0.25) is 0 Å². The second kappa shape index (κ2) is 6.30. The Kier molecular flexibility index (Phi) is 4.25. The van der Waals surface area contributed by atoms with Crippen molar-refractivity contribution in [3.8, 4) is 5.88 Å². The maximum atomic E-state index is 5.69. The highest BCUT2D eigenvalue weighted by atomic mass is 16.5. The highest BCUT2D eigenvalue weighted by molar-refractivity contribution is 5.07. The van der Waals surface area contributed by atoms with Crippen LogP contribution in [-0.2, 0) is 11.3 Å². The van der Waals surface area contributed by atoms with E-state index in [1.807, 2.05) is 0 Å². The van der Waals surface area contributed by atoms with E-state index in [9.17, 15) is 0 Å². The molecule has 3 rings (SSSR count). The summed E-state index contributed by atoms with van der Waals surface area (Å²) in [5, 5.41) is 3.42. The minimum absolute atomic E-state index is 0.590. The summed E-state index contributed by atoms with van der Waals surface area (Å²) in [6, 6.07) is 0.700. The van der Waals surface area contributed by atoms with Crippen molar-refractivity contribution in [2.45, 2.75) is 38.3 Å². The van der Waals surface area contributed by atoms with Crippen LogP contribution in [0.5, 0.6) is 5.88 Å². The Morgan fingerprint density at radius 2 is 2.00 bits per heavy atom. The molecule has 1 saturated carbocycles. The largest absolute Gasteiger partial charge is 0.476 e. The Morgan fingerprint density at radius 1 is 1.16 bits per heavy atom. The van der Waals surface area contributed by atoms with Gasteiger partial charge in [-0.05, 0) is 31.6 Å². The highest BCUT2D eigenvalue weighted by Crippen LogP contribution is 2.19. The fraction of sp³-hybridized carbons (Fsp3) is 0.714. The standard InChI is InChI=1S/C14H21N3O2/c1-2-12(1)15-7-13-8-17-14(9-16-13)19-10-11-3-5-18-6-4-11/h8-9,11-12,15H,1-7,10H2. The third-order valence-corrected chi connectivity index (χ3v) is 3.64. The lowest BCUT2D eigenvalue weighted by Gasteiger charge is -2.21. The van der Waals surface area contributed by atoms with Crippen LogP contribution >= 0.6 is 0 Å². The molecule has 0 unspecified atom stereocenters. The zero-order valence-corrected chi connectivity index (χ0v) is 11.2. The van der Waals surface area contributed by atoms with Crippen molar-refractivity contribution < 1.29 is 9.47 Å². The van der Waals surface area contributed by atoms with Gasteiger partial charge < -0.3 is 14.8 Å². The molecule has 19 heavy (non-hydrogen) atoms. The smallest absolute Gasteiger partial charge is 0.232 e. The van der Waals surface area contributed by atoms with E-state index < -0.39 is 0 Å². The van der Waals surface area contributed by atoms with Gasteiger partial charge in [-0.1, -0.05) is 0 Å². The quantitative estimate of drug-likeness (QED) is 0.843. The molecule has 1 N–H and O–H groups in total. The average Bonchev–Trinajstić information content (AvgIpc) is 3.29. The van der Waals surface area contributed by atoms with Gasteiger partial charge in [0, 0.05) is 25.8 Å². The van der Waals surface area contributed by atoms with E-state index in [0.29, 0.717) is 17.8 Å². The predicted molar refractivity (Wildman–Crippen MR) is 70.9 cm³/mol. The number of hydrogen-bond donors (Lipinski definition) is 1. The Hall–Kier alpha value is -1.20. The molecular formula is C14H21N3O2. The summed E-state index contributed by atoms with van der Waals surface area (Å²) in [5.74, 6) is 1.22. The van der Waals surface area contributed by atoms with E-state index in [1.54, 1.807) is 12.4 Å². The minimum atomic E-state index is 0.590. The zero-order valence-electron chi connectivity index (χ0n) is 11.2. The topological polar surface area (TPSA) is 56.3 Å². The lowest BCUT2D eigenvalue weighted by molar-refractivity contribution is 0.0489. The number of hydrogen-bond acceptors (Lipinski definition) is 5. The molecule has 5 nitrogen and oxygen atoms in total. The van der Waals surface area contributed by atoms with E-state index in [-0.39, 0.29) is 0 Å². The first kappa shape index (κ1) is 12.8. The van der Waals surface area contributed by atoms with Crippen molar-refractivity contribution in [1.29, 1.82) is 0 Å². The van der Waals surface area contributed by atoms with Crippen molar-refractivity contribution in [1.82, 2.24) is 15.3 Å². The van der Waals surface area contributed by atoms with Crippen LogP contribution in [-0.4, -0.2) is 35.8 Å². The van der Waals surface area contributed by atoms with Crippen LogP contribution in [0.15, 0.2) is 12.4 Å². The first-order valence-electron chi connectivity index (χ1n) is 7.15. The van der Waals surface area contributed by atoms with Gasteiger partial charge in [-0.15, -0.1) is 0 Å². The highest BCUT2D eigenvalue weighted by Gasteiger charge is 2.20. The molecule has 2 aliphatic rings. The lowest BCUT2D eigenvalue weighted by Crippen LogP contribution is -2.21. The van der Waals surface area contributed by atoms with Crippen LogP contribution < -0.4 is 10.1 Å². The SMILES string of the molecule is c1nc(OCC2CCOCC2)cnc1CNC1CC1. The molecular weight excluding hydrogens is 242 g/mol. The van der Waals surface area contributed by atoms with Gasteiger partial charge in [-0.3, -0.25) is 4.98 Å². The molecule has 1 aromatic heterocycles. The number of nitrogens with zero attached hydrogens (tertiary/aromatic N) is 2. The summed E-state index contributed by atoms with van der Waals surface area (Å²) >= 11 is 0. The Balaban J connectivity index is 1.42. The van der Waals surface area contributed by atoms with Gasteiger partial charge in [0.2, 0.25) is 5.88 Å². The normalized spacial score (nSPS) is 20.4. The summed E-state index contributed by atoms with van der Waals surface area (Å²) < 4.78 is 11.0. The second-order valence-corrected chi connectivity index (χ2v) is 5.37. The van der Waals surface area contributed by atoms with E-state index >= 15 is 0 Å². The minimum Gasteiger partial charge on any atom is -0.476 e. The second-order valence-electron chi connectivity index (χ2n) is 5.37. The summed E-state index contributed by atoms with van der Waals surface area (Å²) in [6.07, 6.45) is 8.27. The molecule has 5 heteroatoms. The van der Waals surface area contributed by atoms with Crippen molar-refractivity contribution >= 4 is 0 Å². The fourth-order valence-electron chi connectivity index (χ4n) is 2.16. The van der Waals surface area contributed by atoms with Gasteiger partial charge in [0.25, 0.3) is 0 Å². The maximum absolute atomic E-state index is 5.69. The first-order chi connectivity index (χ1) is 9.40. The summed E-state index contributed by atoms with van der Waals surface area (Å²) in [6.45, 7) is 3.23. The molecule has 1 aromatic rings. The Morgan fingerprint density at radius 3 is 2.68 bits per heavy atom. The average molecular weight is 263 g/mol. The molecule has 0 radical (unpaired) electrons. The Bertz CT molecular complexity index is 386. The first-order valence-corrected chi connectivity index (χ1v) is 7.15. The maximum Gasteiger partial charge on any atom is 0.232 e. The van der Waals surface area contributed by atoms with Gasteiger partial charge >= 0.3 is 0 Å². The van der Waals surface area contributed by atoms with Gasteiger partial charge in [0.05, 0.1) is 24.7 Å². The zero-order chi connectivity index (χ0) is 12.9. The summed E-state index contributed by atoms with van der Waals surface area (Å²) in [7, 11) is 0. The molecule has 1 saturated heterocycles. The lowest BCUT2D eigenvalue weighted by atomic mass is 10.0. The monoisotopic (exact) mass is 263 g/mol. The van der Waals surface area contributed by atoms with E-state index in [2.05, 4.69) is 15.3 Å². The van der Waals surface area contributed by atoms with Gasteiger partial charge in [-0.2, -0.15) is 0 Å². The van der Waals surface area contributed by atoms with Gasteiger partial charge in [0.1, 0.15) is 0 Å².